The van der Waals surface area contributed by atoms with Gasteiger partial charge in [0.25, 0.3) is 0 Å². The summed E-state index contributed by atoms with van der Waals surface area (Å²) in [6.07, 6.45) is 2.93. The summed E-state index contributed by atoms with van der Waals surface area (Å²) in [4.78, 5) is 26.9. The Labute approximate surface area is 167 Å². The first-order valence-corrected chi connectivity index (χ1v) is 8.86. The van der Waals surface area contributed by atoms with Crippen LogP contribution in [0.5, 0.6) is 0 Å². The van der Waals surface area contributed by atoms with E-state index in [2.05, 4.69) is 5.92 Å². The maximum absolute atomic E-state index is 13.2. The molecular weight excluding hydrogens is 354 g/mol. The summed E-state index contributed by atoms with van der Waals surface area (Å²) in [6.45, 7) is 5.06. The third-order valence-electron chi connectivity index (χ3n) is 4.00. The van der Waals surface area contributed by atoms with E-state index in [1.54, 1.807) is 81.4 Å². The van der Waals surface area contributed by atoms with Gasteiger partial charge in [-0.1, -0.05) is 48.5 Å². The quantitative estimate of drug-likeness (QED) is 0.749. The van der Waals surface area contributed by atoms with Gasteiger partial charge in [0.05, 0.1) is 0 Å². The molecule has 0 aliphatic carbocycles. The van der Waals surface area contributed by atoms with Gasteiger partial charge in [-0.05, 0) is 38.5 Å². The second-order valence-corrected chi connectivity index (χ2v) is 7.35. The predicted molar refractivity (Wildman–Crippen MR) is 109 cm³/mol. The highest BCUT2D eigenvalue weighted by atomic mass is 16.6. The highest BCUT2D eigenvalue weighted by Gasteiger charge is 2.48. The molecule has 146 valence electrons. The molecule has 5 nitrogen and oxygen atoms in total. The first kappa shape index (κ1) is 19.5. The molecule has 2 atom stereocenters. The highest BCUT2D eigenvalue weighted by Crippen LogP contribution is 2.33. The van der Waals surface area contributed by atoms with Crippen molar-refractivity contribution in [2.75, 3.05) is 4.90 Å². The average Bonchev–Trinajstić information content (AvgIpc) is 2.66. The summed E-state index contributed by atoms with van der Waals surface area (Å²) in [7, 11) is 0. The molecule has 0 aliphatic heterocycles. The van der Waals surface area contributed by atoms with Crippen molar-refractivity contribution < 1.29 is 20.8 Å². The smallest absolute Gasteiger partial charge is 0.415 e. The number of aliphatic carboxylic acids is 1. The second-order valence-electron chi connectivity index (χ2n) is 7.35. The zero-order valence-electron chi connectivity index (χ0n) is 17.3. The molecule has 1 N–H and O–H groups in total. The number of amides is 1. The fraction of sp³-hybridized carbons (Fsp3) is 0.304. The van der Waals surface area contributed by atoms with Gasteiger partial charge < -0.3 is 9.84 Å². The van der Waals surface area contributed by atoms with Crippen molar-refractivity contribution in [2.45, 2.75) is 44.7 Å². The first-order valence-electron chi connectivity index (χ1n) is 9.43. The van der Waals surface area contributed by atoms with Gasteiger partial charge in [0.2, 0.25) is 0 Å². The van der Waals surface area contributed by atoms with Gasteiger partial charge >= 0.3 is 12.1 Å². The van der Waals surface area contributed by atoms with Crippen molar-refractivity contribution in [3.05, 3.63) is 66.2 Å². The minimum absolute atomic E-state index is 0.157. The molecule has 0 saturated heterocycles. The molecule has 2 aromatic rings. The van der Waals surface area contributed by atoms with Crippen LogP contribution in [0.15, 0.2) is 60.7 Å². The van der Waals surface area contributed by atoms with Crippen LogP contribution in [0.1, 0.15) is 34.1 Å². The van der Waals surface area contributed by atoms with Crippen molar-refractivity contribution in [3.8, 4) is 12.3 Å². The molecule has 0 radical (unpaired) electrons. The van der Waals surface area contributed by atoms with Gasteiger partial charge in [-0.15, -0.1) is 12.3 Å². The molecular formula is C23H25NO4. The van der Waals surface area contributed by atoms with Crippen molar-refractivity contribution in [3.63, 3.8) is 0 Å². The lowest BCUT2D eigenvalue weighted by atomic mass is 9.85. The van der Waals surface area contributed by atoms with E-state index in [4.69, 9.17) is 12.5 Å². The van der Waals surface area contributed by atoms with Gasteiger partial charge in [0.1, 0.15) is 5.60 Å². The van der Waals surface area contributed by atoms with Gasteiger partial charge in [0, 0.05) is 19.9 Å². The third kappa shape index (κ3) is 4.92. The third-order valence-corrected chi connectivity index (χ3v) is 4.00. The Kier molecular flexibility index (Phi) is 6.00. The number of carbonyl (C=O) groups is 2. The van der Waals surface area contributed by atoms with Crippen LogP contribution in [0.4, 0.5) is 10.5 Å². The summed E-state index contributed by atoms with van der Waals surface area (Å²) in [5.74, 6) is 0.831. The predicted octanol–water partition coefficient (Wildman–Crippen LogP) is 4.52. The number of terminal acetylenes is 1. The SMILES string of the molecule is [2H]C(C#C)[C@](Cc1ccccc1)(C(=O)O)N(C(=O)OC(C)(C)C)c1ccccc1. The molecule has 28 heavy (non-hydrogen) atoms. The van der Waals surface area contributed by atoms with E-state index >= 15 is 0 Å². The molecule has 0 bridgehead atoms. The number of hydrogen-bond acceptors (Lipinski definition) is 3. The van der Waals surface area contributed by atoms with Crippen molar-refractivity contribution in [1.82, 2.24) is 0 Å². The Morgan fingerprint density at radius 1 is 1.11 bits per heavy atom. The molecule has 0 aliphatic rings. The number of carbonyl (C=O) groups excluding carboxylic acids is 1. The molecule has 0 fully saturated rings. The Morgan fingerprint density at radius 3 is 2.11 bits per heavy atom. The number of anilines is 1. The van der Waals surface area contributed by atoms with E-state index in [1.165, 1.54) is 0 Å². The number of benzene rings is 2. The lowest BCUT2D eigenvalue weighted by molar-refractivity contribution is -0.143. The molecule has 1 unspecified atom stereocenters. The van der Waals surface area contributed by atoms with E-state index in [-0.39, 0.29) is 12.1 Å². The van der Waals surface area contributed by atoms with Crippen LogP contribution < -0.4 is 4.90 Å². The molecule has 0 aromatic heterocycles. The van der Waals surface area contributed by atoms with Gasteiger partial charge in [0.15, 0.2) is 5.54 Å². The zero-order valence-corrected chi connectivity index (χ0v) is 16.3. The minimum atomic E-state index is -2.07. The number of carboxylic acid groups (broad SMARTS) is 1. The molecule has 0 saturated carbocycles. The molecule has 0 heterocycles. The summed E-state index contributed by atoms with van der Waals surface area (Å²) in [5.41, 5.74) is -2.02. The highest BCUT2D eigenvalue weighted by molar-refractivity contribution is 5.99. The molecule has 2 rings (SSSR count). The lowest BCUT2D eigenvalue weighted by Crippen LogP contribution is -2.60. The number of nitrogens with zero attached hydrogens (tertiary/aromatic N) is 1. The van der Waals surface area contributed by atoms with E-state index in [0.29, 0.717) is 5.56 Å². The van der Waals surface area contributed by atoms with Crippen LogP contribution >= 0.6 is 0 Å². The fourth-order valence-electron chi connectivity index (χ4n) is 2.86. The number of ether oxygens (including phenoxy) is 1. The number of hydrogen-bond donors (Lipinski definition) is 1. The summed E-state index contributed by atoms with van der Waals surface area (Å²) >= 11 is 0. The first-order chi connectivity index (χ1) is 13.6. The maximum Gasteiger partial charge on any atom is 0.415 e. The van der Waals surface area contributed by atoms with Gasteiger partial charge in [-0.3, -0.25) is 4.90 Å². The van der Waals surface area contributed by atoms with Crippen LogP contribution in [-0.2, 0) is 16.0 Å². The van der Waals surface area contributed by atoms with Gasteiger partial charge in [-0.2, -0.15) is 0 Å². The molecule has 5 heteroatoms. The summed E-state index contributed by atoms with van der Waals surface area (Å²) in [6, 6.07) is 17.1. The van der Waals surface area contributed by atoms with Gasteiger partial charge in [-0.25, -0.2) is 9.59 Å². The number of rotatable bonds is 6. The van der Waals surface area contributed by atoms with E-state index in [0.717, 1.165) is 4.90 Å². The number of para-hydroxylation sites is 1. The molecule has 2 aromatic carbocycles. The zero-order chi connectivity index (χ0) is 21.7. The van der Waals surface area contributed by atoms with E-state index in [1.807, 2.05) is 0 Å². The van der Waals surface area contributed by atoms with Crippen LogP contribution in [-0.4, -0.2) is 28.3 Å². The van der Waals surface area contributed by atoms with Crippen molar-refractivity contribution in [1.29, 1.82) is 0 Å². The molecule has 0 spiro atoms. The minimum Gasteiger partial charge on any atom is -0.479 e. The average molecular weight is 380 g/mol. The topological polar surface area (TPSA) is 66.8 Å². The summed E-state index contributed by atoms with van der Waals surface area (Å²) in [5, 5.41) is 10.3. The Balaban J connectivity index is 2.73. The normalized spacial score (nSPS) is 14.7. The standard InChI is InChI=1S/C23H25NO4/c1-5-16-23(20(25)26,17-18-12-8-6-9-13-18)24(19-14-10-7-11-15-19)21(27)28-22(2,3)4/h1,6-15H,16-17H2,2-4H3,(H,25,26)/t23-/m0/s1/i16D/t16?,23-. The van der Waals surface area contributed by atoms with E-state index in [9.17, 15) is 14.7 Å². The van der Waals surface area contributed by atoms with Crippen molar-refractivity contribution >= 4 is 17.7 Å². The van der Waals surface area contributed by atoms with Crippen LogP contribution in [0.3, 0.4) is 0 Å². The Bertz CT molecular complexity index is 887. The Morgan fingerprint density at radius 2 is 1.64 bits per heavy atom. The fourth-order valence-corrected chi connectivity index (χ4v) is 2.86. The Hall–Kier alpha value is -3.26. The van der Waals surface area contributed by atoms with E-state index < -0.39 is 29.6 Å². The van der Waals surface area contributed by atoms with Crippen molar-refractivity contribution in [2.24, 2.45) is 0 Å². The monoisotopic (exact) mass is 380 g/mol. The second kappa shape index (κ2) is 8.62. The lowest BCUT2D eigenvalue weighted by Gasteiger charge is -2.40. The number of carboxylic acids is 1. The van der Waals surface area contributed by atoms with Crippen LogP contribution in [0.25, 0.3) is 0 Å². The largest absolute Gasteiger partial charge is 0.479 e. The van der Waals surface area contributed by atoms with Crippen LogP contribution in [0.2, 0.25) is 0 Å². The maximum atomic E-state index is 13.2. The summed E-state index contributed by atoms with van der Waals surface area (Å²) < 4.78 is 14.0. The van der Waals surface area contributed by atoms with Crippen LogP contribution in [0, 0.1) is 12.3 Å². The molecule has 1 amide bonds.